The molecule has 5 N–H and O–H groups in total. The molecule has 0 aliphatic rings. The van der Waals surface area contributed by atoms with Crippen LogP contribution in [0.2, 0.25) is 0 Å². The number of primary amides is 1. The van der Waals surface area contributed by atoms with E-state index in [9.17, 15) is 19.2 Å². The molecule has 10 heteroatoms. The molecular weight excluding hydrogens is 536 g/mol. The third-order valence-corrected chi connectivity index (χ3v) is 7.16. The Bertz CT molecular complexity index is 1130. The number of para-hydroxylation sites is 1. The Hall–Kier alpha value is -3.69. The lowest BCUT2D eigenvalue weighted by Gasteiger charge is -2.22. The zero-order valence-corrected chi connectivity index (χ0v) is 24.9. The van der Waals surface area contributed by atoms with Gasteiger partial charge in [0.15, 0.2) is 0 Å². The SMILES string of the molecule is CCCCCCCCCCCCC[C@@H](CC(N)=O)OC(=O)[C@H](CCCC(=O)O)NC(=O)Nc1cnc2ccccc2c1. The van der Waals surface area contributed by atoms with E-state index in [1.165, 1.54) is 51.1 Å². The predicted octanol–water partition coefficient (Wildman–Crippen LogP) is 6.47. The zero-order valence-electron chi connectivity index (χ0n) is 24.9. The van der Waals surface area contributed by atoms with Crippen molar-refractivity contribution in [2.24, 2.45) is 5.73 Å². The number of amides is 3. The van der Waals surface area contributed by atoms with Crippen molar-refractivity contribution in [1.82, 2.24) is 10.3 Å². The minimum atomic E-state index is -1.09. The van der Waals surface area contributed by atoms with Gasteiger partial charge in [-0.05, 0) is 37.8 Å². The molecule has 0 spiro atoms. The number of urea groups is 1. The number of hydrogen-bond acceptors (Lipinski definition) is 6. The van der Waals surface area contributed by atoms with Crippen LogP contribution >= 0.6 is 0 Å². The average molecular weight is 585 g/mol. The summed E-state index contributed by atoms with van der Waals surface area (Å²) >= 11 is 0. The molecule has 1 heterocycles. The lowest BCUT2D eigenvalue weighted by molar-refractivity contribution is -0.153. The highest BCUT2D eigenvalue weighted by Crippen LogP contribution is 2.18. The third kappa shape index (κ3) is 14.8. The number of carbonyl (C=O) groups excluding carboxylic acids is 3. The van der Waals surface area contributed by atoms with Gasteiger partial charge in [0, 0.05) is 11.8 Å². The number of aliphatic carboxylic acids is 1. The number of aromatic nitrogens is 1. The number of carboxylic acid groups (broad SMARTS) is 1. The predicted molar refractivity (Wildman–Crippen MR) is 164 cm³/mol. The normalized spacial score (nSPS) is 12.4. The number of benzene rings is 1. The van der Waals surface area contributed by atoms with E-state index in [4.69, 9.17) is 15.6 Å². The van der Waals surface area contributed by atoms with Gasteiger partial charge in [-0.2, -0.15) is 0 Å². The Kier molecular flexibility index (Phi) is 16.6. The van der Waals surface area contributed by atoms with Crippen molar-refractivity contribution in [2.75, 3.05) is 5.32 Å². The molecule has 42 heavy (non-hydrogen) atoms. The fourth-order valence-corrected chi connectivity index (χ4v) is 4.88. The second kappa shape index (κ2) is 20.2. The molecule has 1 aromatic carbocycles. The first-order valence-corrected chi connectivity index (χ1v) is 15.4. The fourth-order valence-electron chi connectivity index (χ4n) is 4.88. The summed E-state index contributed by atoms with van der Waals surface area (Å²) in [4.78, 5) is 52.9. The van der Waals surface area contributed by atoms with Gasteiger partial charge >= 0.3 is 18.0 Å². The Morgan fingerprint density at radius 1 is 0.905 bits per heavy atom. The van der Waals surface area contributed by atoms with E-state index in [0.29, 0.717) is 12.1 Å². The van der Waals surface area contributed by atoms with Crippen LogP contribution in [0.3, 0.4) is 0 Å². The number of nitrogens with one attached hydrogen (secondary N) is 2. The van der Waals surface area contributed by atoms with Crippen LogP contribution in [-0.4, -0.2) is 46.1 Å². The summed E-state index contributed by atoms with van der Waals surface area (Å²) in [7, 11) is 0. The molecule has 2 atom stereocenters. The zero-order chi connectivity index (χ0) is 30.6. The maximum Gasteiger partial charge on any atom is 0.328 e. The summed E-state index contributed by atoms with van der Waals surface area (Å²) < 4.78 is 5.64. The van der Waals surface area contributed by atoms with Crippen molar-refractivity contribution in [2.45, 2.75) is 122 Å². The minimum Gasteiger partial charge on any atom is -0.481 e. The molecule has 10 nitrogen and oxygen atoms in total. The lowest BCUT2D eigenvalue weighted by atomic mass is 10.0. The number of carboxylic acids is 1. The van der Waals surface area contributed by atoms with Crippen molar-refractivity contribution in [3.63, 3.8) is 0 Å². The number of unbranched alkanes of at least 4 members (excludes halogenated alkanes) is 10. The van der Waals surface area contributed by atoms with E-state index in [2.05, 4.69) is 22.5 Å². The van der Waals surface area contributed by atoms with Crippen molar-refractivity contribution >= 4 is 40.5 Å². The van der Waals surface area contributed by atoms with Gasteiger partial charge < -0.3 is 26.2 Å². The molecule has 0 aliphatic carbocycles. The molecule has 0 unspecified atom stereocenters. The van der Waals surface area contributed by atoms with Crippen molar-refractivity contribution in [3.05, 3.63) is 36.5 Å². The van der Waals surface area contributed by atoms with Gasteiger partial charge in [0.1, 0.15) is 12.1 Å². The molecule has 0 radical (unpaired) electrons. The summed E-state index contributed by atoms with van der Waals surface area (Å²) in [6.07, 6.45) is 14.2. The number of rotatable bonds is 22. The van der Waals surface area contributed by atoms with E-state index in [0.717, 1.165) is 36.6 Å². The monoisotopic (exact) mass is 584 g/mol. The Morgan fingerprint density at radius 2 is 1.55 bits per heavy atom. The van der Waals surface area contributed by atoms with Gasteiger partial charge in [-0.1, -0.05) is 89.3 Å². The van der Waals surface area contributed by atoms with Gasteiger partial charge in [-0.3, -0.25) is 14.6 Å². The van der Waals surface area contributed by atoms with E-state index in [1.807, 2.05) is 24.3 Å². The molecule has 0 bridgehead atoms. The van der Waals surface area contributed by atoms with Crippen LogP contribution in [0.15, 0.2) is 36.5 Å². The van der Waals surface area contributed by atoms with Crippen molar-refractivity contribution in [1.29, 1.82) is 0 Å². The molecule has 2 aromatic rings. The van der Waals surface area contributed by atoms with Crippen LogP contribution in [0.4, 0.5) is 10.5 Å². The van der Waals surface area contributed by atoms with Gasteiger partial charge in [-0.25, -0.2) is 9.59 Å². The molecular formula is C32H48N4O6. The lowest BCUT2D eigenvalue weighted by Crippen LogP contribution is -2.45. The van der Waals surface area contributed by atoms with Crippen LogP contribution in [0, 0.1) is 0 Å². The highest BCUT2D eigenvalue weighted by molar-refractivity contribution is 5.94. The van der Waals surface area contributed by atoms with Crippen LogP contribution in [0.5, 0.6) is 0 Å². The molecule has 0 saturated heterocycles. The topological polar surface area (TPSA) is 161 Å². The van der Waals surface area contributed by atoms with E-state index in [-0.39, 0.29) is 25.7 Å². The van der Waals surface area contributed by atoms with Crippen LogP contribution in [-0.2, 0) is 19.1 Å². The number of nitrogens with two attached hydrogens (primary N) is 1. The van der Waals surface area contributed by atoms with Crippen LogP contribution < -0.4 is 16.4 Å². The standard InChI is InChI=1S/C32H48N4O6/c1-2-3-4-5-6-7-8-9-10-11-12-17-26(22-29(33)37)42-31(40)28(19-15-20-30(38)39)36-32(41)35-25-21-24-16-13-14-18-27(24)34-23-25/h13-14,16,18,21,23,26,28H,2-12,15,17,19-20,22H2,1H3,(H2,33,37)(H,38,39)(H2,35,36,41)/t26-,28-/m0/s1. The number of pyridine rings is 1. The van der Waals surface area contributed by atoms with Gasteiger partial charge in [0.2, 0.25) is 5.91 Å². The van der Waals surface area contributed by atoms with Crippen LogP contribution in [0.25, 0.3) is 10.9 Å². The van der Waals surface area contributed by atoms with Gasteiger partial charge in [0.05, 0.1) is 23.8 Å². The average Bonchev–Trinajstić information content (AvgIpc) is 2.94. The number of esters is 1. The van der Waals surface area contributed by atoms with Gasteiger partial charge in [-0.15, -0.1) is 0 Å². The maximum absolute atomic E-state index is 13.1. The molecule has 2 rings (SSSR count). The summed E-state index contributed by atoms with van der Waals surface area (Å²) in [6, 6.07) is 7.47. The van der Waals surface area contributed by atoms with E-state index in [1.54, 1.807) is 6.07 Å². The number of ether oxygens (including phenoxy) is 1. The summed E-state index contributed by atoms with van der Waals surface area (Å²) in [5, 5.41) is 15.1. The quantitative estimate of drug-likeness (QED) is 0.0911. The molecule has 1 aromatic heterocycles. The summed E-state index contributed by atoms with van der Waals surface area (Å²) in [5.74, 6) is -2.30. The van der Waals surface area contributed by atoms with Gasteiger partial charge in [0.25, 0.3) is 0 Å². The van der Waals surface area contributed by atoms with E-state index < -0.39 is 36.0 Å². The first kappa shape index (κ1) is 34.5. The smallest absolute Gasteiger partial charge is 0.328 e. The fraction of sp³-hybridized carbons (Fsp3) is 0.594. The Labute approximate surface area is 249 Å². The molecule has 232 valence electrons. The summed E-state index contributed by atoms with van der Waals surface area (Å²) in [5.41, 5.74) is 6.62. The molecule has 0 saturated carbocycles. The summed E-state index contributed by atoms with van der Waals surface area (Å²) in [6.45, 7) is 2.22. The second-order valence-electron chi connectivity index (χ2n) is 10.9. The highest BCUT2D eigenvalue weighted by Gasteiger charge is 2.26. The second-order valence-corrected chi connectivity index (χ2v) is 10.9. The van der Waals surface area contributed by atoms with E-state index >= 15 is 0 Å². The number of anilines is 1. The van der Waals surface area contributed by atoms with Crippen LogP contribution in [0.1, 0.15) is 110 Å². The van der Waals surface area contributed by atoms with Crippen molar-refractivity contribution < 1.29 is 29.0 Å². The minimum absolute atomic E-state index is 0.0657. The number of fused-ring (bicyclic) bond motifs is 1. The molecule has 0 aliphatic heterocycles. The Balaban J connectivity index is 1.87. The molecule has 3 amide bonds. The number of carbonyl (C=O) groups is 4. The number of nitrogens with zero attached hydrogens (tertiary/aromatic N) is 1. The first-order valence-electron chi connectivity index (χ1n) is 15.4. The molecule has 0 fully saturated rings. The largest absolute Gasteiger partial charge is 0.481 e. The maximum atomic E-state index is 13.1. The Morgan fingerprint density at radius 3 is 2.19 bits per heavy atom. The first-order chi connectivity index (χ1) is 20.3. The van der Waals surface area contributed by atoms with Crippen molar-refractivity contribution in [3.8, 4) is 0 Å². The number of hydrogen-bond donors (Lipinski definition) is 4. The third-order valence-electron chi connectivity index (χ3n) is 7.16. The highest BCUT2D eigenvalue weighted by atomic mass is 16.5.